The highest BCUT2D eigenvalue weighted by Gasteiger charge is 2.11. The van der Waals surface area contributed by atoms with E-state index in [1.165, 1.54) is 0 Å². The summed E-state index contributed by atoms with van der Waals surface area (Å²) < 4.78 is 16.2. The number of fused-ring (bicyclic) bond motifs is 1. The molecule has 1 aliphatic heterocycles. The van der Waals surface area contributed by atoms with E-state index < -0.39 is 0 Å². The number of hydrogen-bond donors (Lipinski definition) is 2. The molecular weight excluding hydrogens is 312 g/mol. The molecule has 2 aromatic rings. The highest BCUT2D eigenvalue weighted by atomic mass is 32.1. The van der Waals surface area contributed by atoms with Crippen molar-refractivity contribution in [3.63, 3.8) is 0 Å². The minimum Gasteiger partial charge on any atom is -0.497 e. The molecule has 23 heavy (non-hydrogen) atoms. The number of benzene rings is 2. The normalized spacial score (nSPS) is 12.4. The van der Waals surface area contributed by atoms with Crippen molar-refractivity contribution in [2.45, 2.75) is 6.54 Å². The maximum absolute atomic E-state index is 5.56. The zero-order valence-corrected chi connectivity index (χ0v) is 13.6. The van der Waals surface area contributed by atoms with Gasteiger partial charge in [-0.3, -0.25) is 0 Å². The van der Waals surface area contributed by atoms with Crippen LogP contribution in [-0.2, 0) is 6.54 Å². The molecule has 2 aromatic carbocycles. The first-order valence-corrected chi connectivity index (χ1v) is 7.73. The monoisotopic (exact) mass is 330 g/mol. The van der Waals surface area contributed by atoms with Crippen LogP contribution in [0.25, 0.3) is 0 Å². The summed E-state index contributed by atoms with van der Waals surface area (Å²) in [5.74, 6) is 2.34. The fraction of sp³-hybridized carbons (Fsp3) is 0.235. The van der Waals surface area contributed by atoms with E-state index in [-0.39, 0.29) is 0 Å². The summed E-state index contributed by atoms with van der Waals surface area (Å²) in [7, 11) is 1.65. The van der Waals surface area contributed by atoms with Gasteiger partial charge in [-0.15, -0.1) is 0 Å². The molecule has 1 aliphatic rings. The van der Waals surface area contributed by atoms with Crippen LogP contribution >= 0.6 is 12.2 Å². The van der Waals surface area contributed by atoms with Gasteiger partial charge in [0.1, 0.15) is 19.0 Å². The Morgan fingerprint density at radius 1 is 1.09 bits per heavy atom. The summed E-state index contributed by atoms with van der Waals surface area (Å²) in [6, 6.07) is 13.5. The summed E-state index contributed by atoms with van der Waals surface area (Å²) in [4.78, 5) is 0. The lowest BCUT2D eigenvalue weighted by Crippen LogP contribution is -2.28. The van der Waals surface area contributed by atoms with Crippen LogP contribution in [0.15, 0.2) is 42.5 Å². The molecule has 0 amide bonds. The molecule has 0 bridgehead atoms. The lowest BCUT2D eigenvalue weighted by atomic mass is 10.2. The smallest absolute Gasteiger partial charge is 0.171 e. The molecule has 0 saturated heterocycles. The van der Waals surface area contributed by atoms with Crippen molar-refractivity contribution in [3.8, 4) is 17.2 Å². The average molecular weight is 330 g/mol. The molecule has 0 unspecified atom stereocenters. The molecule has 0 spiro atoms. The van der Waals surface area contributed by atoms with E-state index in [2.05, 4.69) is 10.6 Å². The molecule has 0 fully saturated rings. The van der Waals surface area contributed by atoms with Gasteiger partial charge in [0.2, 0.25) is 0 Å². The first kappa shape index (κ1) is 15.4. The number of rotatable bonds is 4. The van der Waals surface area contributed by atoms with E-state index in [1.807, 2.05) is 42.5 Å². The lowest BCUT2D eigenvalue weighted by molar-refractivity contribution is 0.171. The quantitative estimate of drug-likeness (QED) is 0.841. The Balaban J connectivity index is 1.54. The zero-order valence-electron chi connectivity index (χ0n) is 12.8. The Morgan fingerprint density at radius 2 is 1.83 bits per heavy atom. The van der Waals surface area contributed by atoms with Crippen LogP contribution in [0.2, 0.25) is 0 Å². The molecule has 0 saturated carbocycles. The number of thiocarbonyl (C=S) groups is 1. The van der Waals surface area contributed by atoms with Gasteiger partial charge in [0, 0.05) is 18.3 Å². The van der Waals surface area contributed by atoms with Crippen molar-refractivity contribution >= 4 is 23.0 Å². The summed E-state index contributed by atoms with van der Waals surface area (Å²) in [5, 5.41) is 6.87. The standard InChI is InChI=1S/C17H18N2O3S/c1-20-14-5-2-12(3-6-14)11-18-17(23)19-13-4-7-15-16(10-13)22-9-8-21-15/h2-7,10H,8-9,11H2,1H3,(H2,18,19,23). The summed E-state index contributed by atoms with van der Waals surface area (Å²) in [5.41, 5.74) is 1.98. The number of nitrogens with one attached hydrogen (secondary N) is 2. The van der Waals surface area contributed by atoms with Crippen molar-refractivity contribution in [2.75, 3.05) is 25.6 Å². The molecule has 0 radical (unpaired) electrons. The van der Waals surface area contributed by atoms with E-state index in [4.69, 9.17) is 26.4 Å². The SMILES string of the molecule is COc1ccc(CNC(=S)Nc2ccc3c(c2)OCCO3)cc1. The Morgan fingerprint density at radius 3 is 2.57 bits per heavy atom. The summed E-state index contributed by atoms with van der Waals surface area (Å²) >= 11 is 5.32. The van der Waals surface area contributed by atoms with Crippen LogP contribution in [0.5, 0.6) is 17.2 Å². The minimum atomic E-state index is 0.553. The van der Waals surface area contributed by atoms with Crippen LogP contribution < -0.4 is 24.8 Å². The van der Waals surface area contributed by atoms with Crippen molar-refractivity contribution in [2.24, 2.45) is 0 Å². The second-order valence-electron chi connectivity index (χ2n) is 5.01. The minimum absolute atomic E-state index is 0.553. The van der Waals surface area contributed by atoms with Gasteiger partial charge in [-0.1, -0.05) is 12.1 Å². The topological polar surface area (TPSA) is 51.8 Å². The molecule has 5 nitrogen and oxygen atoms in total. The van der Waals surface area contributed by atoms with E-state index in [0.29, 0.717) is 24.9 Å². The predicted octanol–water partition coefficient (Wildman–Crippen LogP) is 2.95. The first-order chi connectivity index (χ1) is 11.2. The fourth-order valence-corrected chi connectivity index (χ4v) is 2.41. The largest absolute Gasteiger partial charge is 0.497 e. The average Bonchev–Trinajstić information content (AvgIpc) is 2.60. The van der Waals surface area contributed by atoms with Crippen LogP contribution in [0.4, 0.5) is 5.69 Å². The predicted molar refractivity (Wildman–Crippen MR) is 93.5 cm³/mol. The molecule has 3 rings (SSSR count). The Labute approximate surface area is 140 Å². The Bertz CT molecular complexity index is 689. The van der Waals surface area contributed by atoms with E-state index >= 15 is 0 Å². The molecule has 2 N–H and O–H groups in total. The number of ether oxygens (including phenoxy) is 3. The Hall–Kier alpha value is -2.47. The number of hydrogen-bond acceptors (Lipinski definition) is 4. The Kier molecular flexibility index (Phi) is 4.83. The maximum Gasteiger partial charge on any atom is 0.171 e. The van der Waals surface area contributed by atoms with Gasteiger partial charge in [0.15, 0.2) is 16.6 Å². The fourth-order valence-electron chi connectivity index (χ4n) is 2.22. The zero-order chi connectivity index (χ0) is 16.1. The third-order valence-electron chi connectivity index (χ3n) is 3.41. The van der Waals surface area contributed by atoms with Crippen molar-refractivity contribution in [1.29, 1.82) is 0 Å². The second kappa shape index (κ2) is 7.19. The molecular formula is C17H18N2O3S. The van der Waals surface area contributed by atoms with Crippen molar-refractivity contribution in [1.82, 2.24) is 5.32 Å². The third kappa shape index (κ3) is 4.04. The van der Waals surface area contributed by atoms with Gasteiger partial charge in [0.25, 0.3) is 0 Å². The van der Waals surface area contributed by atoms with Gasteiger partial charge in [-0.25, -0.2) is 0 Å². The van der Waals surface area contributed by atoms with Gasteiger partial charge in [-0.05, 0) is 42.0 Å². The van der Waals surface area contributed by atoms with Gasteiger partial charge >= 0.3 is 0 Å². The number of methoxy groups -OCH3 is 1. The van der Waals surface area contributed by atoms with Crippen molar-refractivity contribution < 1.29 is 14.2 Å². The van der Waals surface area contributed by atoms with Crippen molar-refractivity contribution in [3.05, 3.63) is 48.0 Å². The molecule has 1 heterocycles. The second-order valence-corrected chi connectivity index (χ2v) is 5.42. The van der Waals surface area contributed by atoms with E-state index in [1.54, 1.807) is 7.11 Å². The third-order valence-corrected chi connectivity index (χ3v) is 3.66. The lowest BCUT2D eigenvalue weighted by Gasteiger charge is -2.19. The molecule has 0 aliphatic carbocycles. The van der Waals surface area contributed by atoms with E-state index in [9.17, 15) is 0 Å². The summed E-state index contributed by atoms with van der Waals surface area (Å²) in [6.07, 6.45) is 0. The van der Waals surface area contributed by atoms with Crippen LogP contribution in [0, 0.1) is 0 Å². The summed E-state index contributed by atoms with van der Waals surface area (Å²) in [6.45, 7) is 1.79. The molecule has 0 aromatic heterocycles. The van der Waals surface area contributed by atoms with Gasteiger partial charge in [0.05, 0.1) is 7.11 Å². The van der Waals surface area contributed by atoms with Crippen LogP contribution in [0.1, 0.15) is 5.56 Å². The maximum atomic E-state index is 5.56. The molecule has 6 heteroatoms. The van der Waals surface area contributed by atoms with Gasteiger partial charge in [-0.2, -0.15) is 0 Å². The molecule has 120 valence electrons. The van der Waals surface area contributed by atoms with Crippen LogP contribution in [-0.4, -0.2) is 25.4 Å². The highest BCUT2D eigenvalue weighted by molar-refractivity contribution is 7.80. The highest BCUT2D eigenvalue weighted by Crippen LogP contribution is 2.32. The number of anilines is 1. The van der Waals surface area contributed by atoms with Crippen LogP contribution in [0.3, 0.4) is 0 Å². The van der Waals surface area contributed by atoms with E-state index in [0.717, 1.165) is 28.5 Å². The van der Waals surface area contributed by atoms with Gasteiger partial charge < -0.3 is 24.8 Å². The molecule has 0 atom stereocenters. The first-order valence-electron chi connectivity index (χ1n) is 7.32.